The van der Waals surface area contributed by atoms with Crippen molar-refractivity contribution in [3.63, 3.8) is 0 Å². The lowest BCUT2D eigenvalue weighted by Gasteiger charge is -2.36. The van der Waals surface area contributed by atoms with Gasteiger partial charge in [0.15, 0.2) is 5.60 Å². The van der Waals surface area contributed by atoms with E-state index in [9.17, 15) is 29.4 Å². The minimum Gasteiger partial charge on any atom is -0.447 e. The molecule has 0 bridgehead atoms. The van der Waals surface area contributed by atoms with Crippen LogP contribution in [0.5, 0.6) is 0 Å². The second-order valence-corrected chi connectivity index (χ2v) is 12.8. The van der Waals surface area contributed by atoms with Gasteiger partial charge in [0.05, 0.1) is 38.0 Å². The molecule has 4 aliphatic heterocycles. The van der Waals surface area contributed by atoms with Crippen molar-refractivity contribution in [2.75, 3.05) is 47.6 Å². The lowest BCUT2D eigenvalue weighted by atomic mass is 9.82. The molecule has 7 rings (SSSR count). The third-order valence-electron chi connectivity index (χ3n) is 9.91. The molecule has 3 aromatic carbocycles. The highest BCUT2D eigenvalue weighted by Gasteiger charge is 2.53. The molecular formula is C37H38N4O8. The number of hydrogen-bond acceptors (Lipinski definition) is 8. The number of aliphatic hydroxyl groups excluding tert-OH is 1. The number of rotatable bonds is 9. The molecule has 3 aromatic rings. The van der Waals surface area contributed by atoms with Gasteiger partial charge in [0.25, 0.3) is 5.91 Å². The highest BCUT2D eigenvalue weighted by atomic mass is 16.6. The molecule has 4 amide bonds. The molecule has 4 heterocycles. The minimum atomic E-state index is -2.01. The van der Waals surface area contributed by atoms with Crippen LogP contribution in [-0.2, 0) is 44.2 Å². The van der Waals surface area contributed by atoms with Gasteiger partial charge in [-0.1, -0.05) is 55.5 Å². The zero-order valence-corrected chi connectivity index (χ0v) is 27.2. The SMILES string of the molecule is C[C@H](/C=C/CC(=O)N1Cc2ccccc2C[C@H]1CO)[C@@]1(O)C(=O)N(Cc2cccc(N3CCOC3=O)c2)c2ccc(N3CCOC3=O)cc21. The van der Waals surface area contributed by atoms with Crippen LogP contribution < -0.4 is 14.7 Å². The first-order valence-electron chi connectivity index (χ1n) is 16.5. The standard InChI is InChI=1S/C37H38N4O8/c1-24(6-4-11-33(43)40-22-27-9-3-2-8-26(27)19-30(40)23-42)37(47)31-20-29(39-15-17-49-36(39)46)12-13-32(31)41(34(37)44)21-25-7-5-10-28(18-25)38-14-16-48-35(38)45/h2-10,12-13,18,20,24,30,42,47H,11,14-17,19,21-23H2,1H3/b6-4+/t24-,30+,37+/m1/s1. The molecule has 4 aliphatic rings. The van der Waals surface area contributed by atoms with Crippen LogP contribution in [0.15, 0.2) is 78.9 Å². The number of cyclic esters (lactones) is 2. The van der Waals surface area contributed by atoms with E-state index in [1.165, 1.54) is 14.7 Å². The lowest BCUT2D eigenvalue weighted by molar-refractivity contribution is -0.139. The summed E-state index contributed by atoms with van der Waals surface area (Å²) in [6.45, 7) is 3.38. The van der Waals surface area contributed by atoms with Gasteiger partial charge in [0.2, 0.25) is 5.91 Å². The Labute approximate surface area is 283 Å². The van der Waals surface area contributed by atoms with Gasteiger partial charge in [0, 0.05) is 35.8 Å². The van der Waals surface area contributed by atoms with Gasteiger partial charge in [-0.05, 0) is 53.4 Å². The van der Waals surface area contributed by atoms with E-state index in [0.29, 0.717) is 55.3 Å². The maximum Gasteiger partial charge on any atom is 0.414 e. The zero-order valence-electron chi connectivity index (χ0n) is 27.2. The Hall–Kier alpha value is -5.20. The van der Waals surface area contributed by atoms with Crippen LogP contribution in [0.1, 0.15) is 35.6 Å². The Morgan fingerprint density at radius 1 is 0.939 bits per heavy atom. The Morgan fingerprint density at radius 3 is 2.31 bits per heavy atom. The van der Waals surface area contributed by atoms with E-state index >= 15 is 0 Å². The smallest absolute Gasteiger partial charge is 0.414 e. The lowest BCUT2D eigenvalue weighted by Crippen LogP contribution is -2.46. The first-order chi connectivity index (χ1) is 23.7. The van der Waals surface area contributed by atoms with Crippen molar-refractivity contribution in [1.82, 2.24) is 4.90 Å². The van der Waals surface area contributed by atoms with Crippen molar-refractivity contribution in [3.05, 3.63) is 101 Å². The molecule has 2 N–H and O–H groups in total. The summed E-state index contributed by atoms with van der Waals surface area (Å²) in [5, 5.41) is 22.4. The van der Waals surface area contributed by atoms with Crippen LogP contribution in [0.4, 0.5) is 26.7 Å². The van der Waals surface area contributed by atoms with Crippen LogP contribution >= 0.6 is 0 Å². The third-order valence-corrected chi connectivity index (χ3v) is 9.91. The van der Waals surface area contributed by atoms with Crippen molar-refractivity contribution >= 4 is 41.1 Å². The van der Waals surface area contributed by atoms with E-state index in [4.69, 9.17) is 9.47 Å². The maximum absolute atomic E-state index is 14.3. The normalized spacial score (nSPS) is 22.4. The summed E-state index contributed by atoms with van der Waals surface area (Å²) in [5.41, 5.74) is 2.86. The largest absolute Gasteiger partial charge is 0.447 e. The van der Waals surface area contributed by atoms with E-state index in [1.807, 2.05) is 36.4 Å². The number of aliphatic hydroxyl groups is 2. The molecule has 12 heteroatoms. The predicted molar refractivity (Wildman–Crippen MR) is 180 cm³/mol. The van der Waals surface area contributed by atoms with E-state index in [2.05, 4.69) is 0 Å². The molecule has 254 valence electrons. The average molecular weight is 667 g/mol. The summed E-state index contributed by atoms with van der Waals surface area (Å²) < 4.78 is 10.2. The summed E-state index contributed by atoms with van der Waals surface area (Å²) in [6, 6.07) is 19.9. The van der Waals surface area contributed by atoms with Crippen LogP contribution in [-0.4, -0.2) is 78.1 Å². The summed E-state index contributed by atoms with van der Waals surface area (Å²) in [7, 11) is 0. The number of benzene rings is 3. The number of carbonyl (C=O) groups excluding carboxylic acids is 4. The molecule has 3 atom stereocenters. The fourth-order valence-corrected chi connectivity index (χ4v) is 7.19. The fraction of sp³-hybridized carbons (Fsp3) is 0.351. The first-order valence-corrected chi connectivity index (χ1v) is 16.5. The van der Waals surface area contributed by atoms with Crippen LogP contribution in [0.3, 0.4) is 0 Å². The topological polar surface area (TPSA) is 140 Å². The Kier molecular flexibility index (Phi) is 8.59. The molecule has 0 radical (unpaired) electrons. The van der Waals surface area contributed by atoms with Crippen molar-refractivity contribution in [2.24, 2.45) is 5.92 Å². The van der Waals surface area contributed by atoms with Gasteiger partial charge in [-0.15, -0.1) is 0 Å². The van der Waals surface area contributed by atoms with Gasteiger partial charge >= 0.3 is 12.2 Å². The van der Waals surface area contributed by atoms with Crippen LogP contribution in [0.2, 0.25) is 0 Å². The van der Waals surface area contributed by atoms with Gasteiger partial charge in [0.1, 0.15) is 13.2 Å². The van der Waals surface area contributed by atoms with Gasteiger partial charge in [-0.3, -0.25) is 19.4 Å². The molecular weight excluding hydrogens is 628 g/mol. The molecule has 49 heavy (non-hydrogen) atoms. The summed E-state index contributed by atoms with van der Waals surface area (Å²) in [6.07, 6.45) is 2.99. The highest BCUT2D eigenvalue weighted by Crippen LogP contribution is 2.47. The molecule has 0 spiro atoms. The molecule has 2 saturated heterocycles. The molecule has 12 nitrogen and oxygen atoms in total. The van der Waals surface area contributed by atoms with Crippen molar-refractivity contribution in [2.45, 2.75) is 44.5 Å². The maximum atomic E-state index is 14.3. The average Bonchev–Trinajstić information content (AvgIpc) is 3.81. The van der Waals surface area contributed by atoms with Crippen LogP contribution in [0, 0.1) is 5.92 Å². The van der Waals surface area contributed by atoms with Gasteiger partial charge in [-0.2, -0.15) is 0 Å². The summed E-state index contributed by atoms with van der Waals surface area (Å²) in [5.74, 6) is -1.48. The molecule has 2 fully saturated rings. The number of carbonyl (C=O) groups is 4. The summed E-state index contributed by atoms with van der Waals surface area (Å²) >= 11 is 0. The highest BCUT2D eigenvalue weighted by molar-refractivity contribution is 6.08. The Morgan fingerprint density at radius 2 is 1.63 bits per heavy atom. The van der Waals surface area contributed by atoms with Gasteiger partial charge < -0.3 is 29.5 Å². The molecule has 0 aliphatic carbocycles. The second-order valence-electron chi connectivity index (χ2n) is 12.8. The van der Waals surface area contributed by atoms with E-state index in [1.54, 1.807) is 54.3 Å². The van der Waals surface area contributed by atoms with E-state index in [-0.39, 0.29) is 38.1 Å². The number of ether oxygens (including phenoxy) is 2. The van der Waals surface area contributed by atoms with E-state index < -0.39 is 29.6 Å². The molecule has 0 aromatic heterocycles. The number of hydrogen-bond donors (Lipinski definition) is 2. The zero-order chi connectivity index (χ0) is 34.3. The number of fused-ring (bicyclic) bond motifs is 2. The molecule has 0 saturated carbocycles. The summed E-state index contributed by atoms with van der Waals surface area (Å²) in [4.78, 5) is 58.5. The number of nitrogens with zero attached hydrogens (tertiary/aromatic N) is 4. The Bertz CT molecular complexity index is 1840. The van der Waals surface area contributed by atoms with Crippen molar-refractivity contribution < 1.29 is 38.9 Å². The monoisotopic (exact) mass is 666 g/mol. The van der Waals surface area contributed by atoms with Crippen molar-refractivity contribution in [1.29, 1.82) is 0 Å². The third kappa shape index (κ3) is 5.80. The van der Waals surface area contributed by atoms with Crippen molar-refractivity contribution in [3.8, 4) is 0 Å². The molecule has 0 unspecified atom stereocenters. The first kappa shape index (κ1) is 32.4. The van der Waals surface area contributed by atoms with Gasteiger partial charge in [-0.25, -0.2) is 9.59 Å². The second kappa shape index (κ2) is 13.0. The number of amides is 4. The predicted octanol–water partition coefficient (Wildman–Crippen LogP) is 3.86. The number of anilines is 3. The van der Waals surface area contributed by atoms with Crippen LogP contribution in [0.25, 0.3) is 0 Å². The quantitative estimate of drug-likeness (QED) is 0.328. The Balaban J connectivity index is 1.15. The minimum absolute atomic E-state index is 0.0230. The van der Waals surface area contributed by atoms with E-state index in [0.717, 1.165) is 16.7 Å². The fourth-order valence-electron chi connectivity index (χ4n) is 7.19.